The van der Waals surface area contributed by atoms with Crippen molar-refractivity contribution in [2.75, 3.05) is 0 Å². The van der Waals surface area contributed by atoms with Crippen LogP contribution in [0, 0.1) is 6.92 Å². The second-order valence-corrected chi connectivity index (χ2v) is 3.62. The first-order chi connectivity index (χ1) is 7.66. The lowest BCUT2D eigenvalue weighted by Gasteiger charge is -1.94. The Bertz CT molecular complexity index is 567. The van der Waals surface area contributed by atoms with Crippen molar-refractivity contribution in [3.8, 4) is 0 Å². The van der Waals surface area contributed by atoms with E-state index >= 15 is 0 Å². The number of aromatic nitrogens is 3. The molecule has 1 N–H and O–H groups in total. The number of hydrogen-bond donors (Lipinski definition) is 1. The molecule has 16 heavy (non-hydrogen) atoms. The predicted molar refractivity (Wildman–Crippen MR) is 62.0 cm³/mol. The van der Waals surface area contributed by atoms with Crippen molar-refractivity contribution in [2.45, 2.75) is 6.92 Å². The zero-order chi connectivity index (χ0) is 11.5. The molecule has 0 radical (unpaired) electrons. The minimum Gasteiger partial charge on any atom is -0.244 e. The summed E-state index contributed by atoms with van der Waals surface area (Å²) in [6.45, 7) is 1.69. The lowest BCUT2D eigenvalue weighted by molar-refractivity contribution is 0.800. The van der Waals surface area contributed by atoms with Gasteiger partial charge in [-0.15, -0.1) is 0 Å². The van der Waals surface area contributed by atoms with Crippen molar-refractivity contribution < 1.29 is 0 Å². The van der Waals surface area contributed by atoms with Crippen molar-refractivity contribution >= 4 is 17.8 Å². The highest BCUT2D eigenvalue weighted by molar-refractivity contribution is 6.30. The summed E-state index contributed by atoms with van der Waals surface area (Å²) in [6.07, 6.45) is 1.57. The highest BCUT2D eigenvalue weighted by Gasteiger charge is 1.99. The molecule has 0 saturated heterocycles. The van der Waals surface area contributed by atoms with Gasteiger partial charge in [0, 0.05) is 5.02 Å². The Morgan fingerprint density at radius 3 is 2.69 bits per heavy atom. The lowest BCUT2D eigenvalue weighted by atomic mass is 10.2. The van der Waals surface area contributed by atoms with Crippen LogP contribution in [-0.2, 0) is 0 Å². The average Bonchev–Trinajstić information content (AvgIpc) is 2.59. The van der Waals surface area contributed by atoms with Gasteiger partial charge in [0.2, 0.25) is 0 Å². The van der Waals surface area contributed by atoms with E-state index in [4.69, 9.17) is 11.6 Å². The van der Waals surface area contributed by atoms with Gasteiger partial charge in [-0.25, -0.2) is 9.89 Å². The van der Waals surface area contributed by atoms with Gasteiger partial charge < -0.3 is 0 Å². The first-order valence-corrected chi connectivity index (χ1v) is 4.98. The third kappa shape index (κ3) is 2.20. The Morgan fingerprint density at radius 1 is 1.44 bits per heavy atom. The molecule has 1 aromatic heterocycles. The van der Waals surface area contributed by atoms with Gasteiger partial charge in [0.25, 0.3) is 0 Å². The Kier molecular flexibility index (Phi) is 2.87. The zero-order valence-electron chi connectivity index (χ0n) is 8.51. The van der Waals surface area contributed by atoms with Gasteiger partial charge in [-0.05, 0) is 24.6 Å². The van der Waals surface area contributed by atoms with Crippen molar-refractivity contribution in [1.82, 2.24) is 14.9 Å². The van der Waals surface area contributed by atoms with Crippen LogP contribution in [0.1, 0.15) is 11.4 Å². The maximum absolute atomic E-state index is 11.2. The Balaban J connectivity index is 2.28. The van der Waals surface area contributed by atoms with Crippen LogP contribution >= 0.6 is 11.6 Å². The highest BCUT2D eigenvalue weighted by atomic mass is 35.5. The van der Waals surface area contributed by atoms with E-state index in [1.54, 1.807) is 25.3 Å². The number of benzene rings is 1. The fraction of sp³-hybridized carbons (Fsp3) is 0.100. The zero-order valence-corrected chi connectivity index (χ0v) is 9.27. The number of H-pyrrole nitrogens is 1. The normalized spacial score (nSPS) is 11.1. The van der Waals surface area contributed by atoms with E-state index < -0.39 is 0 Å². The second kappa shape index (κ2) is 4.32. The number of nitrogens with one attached hydrogen (secondary N) is 1. The molecule has 0 fully saturated rings. The molecule has 1 heterocycles. The molecule has 0 unspecified atom stereocenters. The van der Waals surface area contributed by atoms with Crippen LogP contribution in [0.25, 0.3) is 0 Å². The summed E-state index contributed by atoms with van der Waals surface area (Å²) < 4.78 is 1.19. The molecule has 5 nitrogen and oxygen atoms in total. The van der Waals surface area contributed by atoms with Crippen LogP contribution in [0.3, 0.4) is 0 Å². The van der Waals surface area contributed by atoms with E-state index in [0.717, 1.165) is 5.56 Å². The molecule has 2 rings (SSSR count). The summed E-state index contributed by atoms with van der Waals surface area (Å²) >= 11 is 5.75. The highest BCUT2D eigenvalue weighted by Crippen LogP contribution is 2.07. The predicted octanol–water partition coefficient (Wildman–Crippen LogP) is 1.42. The Hall–Kier alpha value is -1.88. The van der Waals surface area contributed by atoms with Crippen LogP contribution in [-0.4, -0.2) is 21.1 Å². The molecule has 1 aromatic carbocycles. The molecule has 82 valence electrons. The quantitative estimate of drug-likeness (QED) is 0.802. The molecule has 0 aliphatic carbocycles. The maximum atomic E-state index is 11.2. The largest absolute Gasteiger partial charge is 0.364 e. The number of nitrogens with zero attached hydrogens (tertiary/aromatic N) is 3. The van der Waals surface area contributed by atoms with Gasteiger partial charge >= 0.3 is 5.69 Å². The first kappa shape index (κ1) is 10.6. The first-order valence-electron chi connectivity index (χ1n) is 4.61. The molecule has 0 atom stereocenters. The van der Waals surface area contributed by atoms with Gasteiger partial charge in [-0.2, -0.15) is 14.9 Å². The Labute approximate surface area is 96.4 Å². The van der Waals surface area contributed by atoms with Crippen molar-refractivity contribution in [1.29, 1.82) is 0 Å². The van der Waals surface area contributed by atoms with E-state index in [2.05, 4.69) is 15.3 Å². The van der Waals surface area contributed by atoms with Crippen molar-refractivity contribution in [3.05, 3.63) is 51.2 Å². The van der Waals surface area contributed by atoms with Gasteiger partial charge in [-0.1, -0.05) is 23.7 Å². The molecule has 0 saturated carbocycles. The lowest BCUT2D eigenvalue weighted by Crippen LogP contribution is -2.13. The summed E-state index contributed by atoms with van der Waals surface area (Å²) in [4.78, 5) is 11.2. The molecular formula is C10H9ClN4O. The summed E-state index contributed by atoms with van der Waals surface area (Å²) in [7, 11) is 0. The van der Waals surface area contributed by atoms with Crippen LogP contribution in [0.5, 0.6) is 0 Å². The fourth-order valence-corrected chi connectivity index (χ4v) is 1.31. The molecular weight excluding hydrogens is 228 g/mol. The monoisotopic (exact) mass is 236 g/mol. The van der Waals surface area contributed by atoms with Gasteiger partial charge in [-0.3, -0.25) is 0 Å². The number of aryl methyl sites for hydroxylation is 1. The third-order valence-electron chi connectivity index (χ3n) is 2.00. The molecule has 0 spiro atoms. The smallest absolute Gasteiger partial charge is 0.244 e. The van der Waals surface area contributed by atoms with Crippen LogP contribution in [0.4, 0.5) is 0 Å². The number of halogens is 1. The van der Waals surface area contributed by atoms with Crippen molar-refractivity contribution in [3.63, 3.8) is 0 Å². The van der Waals surface area contributed by atoms with E-state index in [-0.39, 0.29) is 5.69 Å². The van der Waals surface area contributed by atoms with Crippen molar-refractivity contribution in [2.24, 2.45) is 5.10 Å². The summed E-state index contributed by atoms with van der Waals surface area (Å²) in [5.41, 5.74) is 0.500. The minimum atomic E-state index is -0.359. The number of hydrogen-bond acceptors (Lipinski definition) is 3. The van der Waals surface area contributed by atoms with E-state index in [0.29, 0.717) is 10.8 Å². The van der Waals surface area contributed by atoms with Gasteiger partial charge in [0.15, 0.2) is 5.82 Å². The minimum absolute atomic E-state index is 0.359. The van der Waals surface area contributed by atoms with Crippen LogP contribution in [0.15, 0.2) is 34.2 Å². The fourth-order valence-electron chi connectivity index (χ4n) is 1.18. The maximum Gasteiger partial charge on any atom is 0.364 e. The van der Waals surface area contributed by atoms with Crippen LogP contribution in [0.2, 0.25) is 5.02 Å². The van der Waals surface area contributed by atoms with Gasteiger partial charge in [0.1, 0.15) is 0 Å². The van der Waals surface area contributed by atoms with E-state index in [1.807, 2.05) is 12.1 Å². The van der Waals surface area contributed by atoms with E-state index in [1.165, 1.54) is 4.68 Å². The average molecular weight is 237 g/mol. The summed E-state index contributed by atoms with van der Waals surface area (Å²) in [5, 5.41) is 10.7. The molecule has 6 heteroatoms. The summed E-state index contributed by atoms with van der Waals surface area (Å²) in [5.74, 6) is 0.509. The van der Waals surface area contributed by atoms with Crippen LogP contribution < -0.4 is 5.69 Å². The number of aromatic amines is 1. The molecule has 2 aromatic rings. The standard InChI is InChI=1S/C10H9ClN4O/c1-7-13-14-10(16)15(7)12-6-8-2-4-9(11)5-3-8/h2-6H,1H3,(H,14,16)/b12-6+. The SMILES string of the molecule is Cc1n[nH]c(=O)n1/N=C/c1ccc(Cl)cc1. The molecule has 0 bridgehead atoms. The third-order valence-corrected chi connectivity index (χ3v) is 2.26. The second-order valence-electron chi connectivity index (χ2n) is 3.18. The Morgan fingerprint density at radius 2 is 2.12 bits per heavy atom. The topological polar surface area (TPSA) is 63.0 Å². The molecule has 0 amide bonds. The van der Waals surface area contributed by atoms with E-state index in [9.17, 15) is 4.79 Å². The number of rotatable bonds is 2. The molecule has 0 aliphatic heterocycles. The molecule has 0 aliphatic rings. The van der Waals surface area contributed by atoms with Gasteiger partial charge in [0.05, 0.1) is 6.21 Å². The summed E-state index contributed by atoms with van der Waals surface area (Å²) in [6, 6.07) is 7.14.